The van der Waals surface area contributed by atoms with Gasteiger partial charge in [-0.2, -0.15) is 0 Å². The van der Waals surface area contributed by atoms with Gasteiger partial charge in [-0.3, -0.25) is 0 Å². The first-order valence-corrected chi connectivity index (χ1v) is 19.2. The highest BCUT2D eigenvalue weighted by Crippen LogP contribution is 2.56. The van der Waals surface area contributed by atoms with Crippen molar-refractivity contribution in [1.29, 1.82) is 0 Å². The SMILES string of the molecule is CC1(C)c2ccccc2-c2ccc(-n3c4c(c5ccccc53)-c3ccccc3N(c3cc(-c5ccccc5)cc(-c5ccccc5)c3)c3ccccc3-4)cc21. The van der Waals surface area contributed by atoms with E-state index >= 15 is 0 Å². The van der Waals surface area contributed by atoms with Crippen molar-refractivity contribution in [3.63, 3.8) is 0 Å². The van der Waals surface area contributed by atoms with Crippen LogP contribution in [0.25, 0.3) is 72.4 Å². The molecule has 1 aliphatic carbocycles. The van der Waals surface area contributed by atoms with Gasteiger partial charge < -0.3 is 9.47 Å². The van der Waals surface area contributed by atoms with Gasteiger partial charge in [-0.15, -0.1) is 0 Å². The molecule has 0 spiro atoms. The molecule has 0 fully saturated rings. The predicted molar refractivity (Wildman–Crippen MR) is 231 cm³/mol. The molecule has 2 nitrogen and oxygen atoms in total. The van der Waals surface area contributed by atoms with Crippen LogP contribution in [0.3, 0.4) is 0 Å². The van der Waals surface area contributed by atoms with Crippen LogP contribution in [0.2, 0.25) is 0 Å². The van der Waals surface area contributed by atoms with E-state index < -0.39 is 0 Å². The fourth-order valence-corrected chi connectivity index (χ4v) is 9.36. The van der Waals surface area contributed by atoms with Crippen LogP contribution in [0, 0.1) is 0 Å². The standard InChI is InChI=1S/C53H38N2/c1-53(2)46-25-13-9-21-41(46)42-30-29-39(34-47(42)53)55-49-27-15-11-23-44(49)51-43-22-10-14-26-48(43)54(50-28-16-12-24-45(50)52(51)55)40-32-37(35-17-5-3-6-18-35)31-38(33-40)36-19-7-4-8-20-36/h3-34H,1-2H3. The maximum atomic E-state index is 2.53. The monoisotopic (exact) mass is 702 g/mol. The summed E-state index contributed by atoms with van der Waals surface area (Å²) in [6.45, 7) is 4.73. The van der Waals surface area contributed by atoms with E-state index in [9.17, 15) is 0 Å². The molecule has 9 aromatic rings. The lowest BCUT2D eigenvalue weighted by molar-refractivity contribution is 0.660. The van der Waals surface area contributed by atoms with Gasteiger partial charge in [0.2, 0.25) is 0 Å². The summed E-state index contributed by atoms with van der Waals surface area (Å²) in [4.78, 5) is 2.49. The number of hydrogen-bond acceptors (Lipinski definition) is 1. The molecule has 0 saturated heterocycles. The average Bonchev–Trinajstić information content (AvgIpc) is 3.65. The Morgan fingerprint density at radius 3 is 1.64 bits per heavy atom. The van der Waals surface area contributed by atoms with Gasteiger partial charge in [-0.1, -0.05) is 159 Å². The lowest BCUT2D eigenvalue weighted by atomic mass is 9.82. The van der Waals surface area contributed by atoms with Gasteiger partial charge in [0.25, 0.3) is 0 Å². The highest BCUT2D eigenvalue weighted by atomic mass is 15.2. The maximum absolute atomic E-state index is 2.53. The topological polar surface area (TPSA) is 8.17 Å². The lowest BCUT2D eigenvalue weighted by Gasteiger charge is -2.28. The van der Waals surface area contributed by atoms with Gasteiger partial charge >= 0.3 is 0 Å². The van der Waals surface area contributed by atoms with E-state index in [1.54, 1.807) is 0 Å². The molecule has 0 bridgehead atoms. The Kier molecular flexibility index (Phi) is 6.93. The number of rotatable bonds is 4. The molecule has 2 aliphatic rings. The van der Waals surface area contributed by atoms with Crippen LogP contribution < -0.4 is 4.90 Å². The molecule has 0 radical (unpaired) electrons. The molecule has 1 aromatic heterocycles. The van der Waals surface area contributed by atoms with Crippen molar-refractivity contribution >= 4 is 28.0 Å². The second-order valence-corrected chi connectivity index (χ2v) is 15.3. The van der Waals surface area contributed by atoms with E-state index in [4.69, 9.17) is 0 Å². The van der Waals surface area contributed by atoms with Gasteiger partial charge in [0.05, 0.1) is 22.6 Å². The van der Waals surface area contributed by atoms with Crippen molar-refractivity contribution in [3.8, 4) is 61.5 Å². The molecule has 55 heavy (non-hydrogen) atoms. The quantitative estimate of drug-likeness (QED) is 0.177. The molecular weight excluding hydrogens is 665 g/mol. The summed E-state index contributed by atoms with van der Waals surface area (Å²) >= 11 is 0. The number of hydrogen-bond donors (Lipinski definition) is 0. The van der Waals surface area contributed by atoms with Gasteiger partial charge in [0, 0.05) is 38.9 Å². The van der Waals surface area contributed by atoms with Crippen molar-refractivity contribution in [3.05, 3.63) is 205 Å². The molecule has 0 N–H and O–H groups in total. The van der Waals surface area contributed by atoms with Crippen LogP contribution in [0.1, 0.15) is 25.0 Å². The molecule has 0 amide bonds. The second-order valence-electron chi connectivity index (χ2n) is 15.3. The third kappa shape index (κ3) is 4.74. The van der Waals surface area contributed by atoms with E-state index in [0.29, 0.717) is 0 Å². The second kappa shape index (κ2) is 12.1. The van der Waals surface area contributed by atoms with Gasteiger partial charge in [0.1, 0.15) is 0 Å². The molecule has 2 heteroatoms. The third-order valence-corrected chi connectivity index (χ3v) is 11.9. The van der Waals surface area contributed by atoms with Crippen molar-refractivity contribution in [2.45, 2.75) is 19.3 Å². The number of benzene rings is 8. The number of anilines is 3. The van der Waals surface area contributed by atoms with Gasteiger partial charge in [-0.05, 0) is 93.0 Å². The zero-order valence-electron chi connectivity index (χ0n) is 30.9. The minimum Gasteiger partial charge on any atom is -0.309 e. The number of nitrogens with zero attached hydrogens (tertiary/aromatic N) is 2. The summed E-state index contributed by atoms with van der Waals surface area (Å²) < 4.78 is 2.53. The van der Waals surface area contributed by atoms with E-state index in [0.717, 1.165) is 17.1 Å². The Labute approximate surface area is 322 Å². The van der Waals surface area contributed by atoms with Crippen molar-refractivity contribution in [1.82, 2.24) is 4.57 Å². The fourth-order valence-electron chi connectivity index (χ4n) is 9.36. The molecule has 260 valence electrons. The molecule has 0 atom stereocenters. The zero-order valence-corrected chi connectivity index (χ0v) is 30.9. The maximum Gasteiger partial charge on any atom is 0.0641 e. The summed E-state index contributed by atoms with van der Waals surface area (Å²) in [6.07, 6.45) is 0. The van der Waals surface area contributed by atoms with Crippen LogP contribution in [0.15, 0.2) is 194 Å². The highest BCUT2D eigenvalue weighted by molar-refractivity contribution is 6.13. The summed E-state index contributed by atoms with van der Waals surface area (Å²) in [5, 5.41) is 1.24. The van der Waals surface area contributed by atoms with Gasteiger partial charge in [-0.25, -0.2) is 0 Å². The lowest BCUT2D eigenvalue weighted by Crippen LogP contribution is -2.15. The normalized spacial score (nSPS) is 13.4. The number of fused-ring (bicyclic) bond motifs is 10. The molecule has 1 aliphatic heterocycles. The van der Waals surface area contributed by atoms with Crippen LogP contribution in [0.4, 0.5) is 17.1 Å². The Morgan fingerprint density at radius 2 is 0.927 bits per heavy atom. The largest absolute Gasteiger partial charge is 0.309 e. The average molecular weight is 703 g/mol. The Bertz CT molecular complexity index is 2890. The van der Waals surface area contributed by atoms with E-state index in [2.05, 4.69) is 217 Å². The summed E-state index contributed by atoms with van der Waals surface area (Å²) in [5.41, 5.74) is 20.8. The van der Waals surface area contributed by atoms with Crippen LogP contribution in [-0.4, -0.2) is 4.57 Å². The Balaban J connectivity index is 1.20. The summed E-state index contributed by atoms with van der Waals surface area (Å²) in [6, 6.07) is 71.5. The van der Waals surface area contributed by atoms with Crippen molar-refractivity contribution < 1.29 is 0 Å². The van der Waals surface area contributed by atoms with Crippen LogP contribution in [-0.2, 0) is 5.41 Å². The smallest absolute Gasteiger partial charge is 0.0641 e. The molecule has 8 aromatic carbocycles. The Morgan fingerprint density at radius 1 is 0.382 bits per heavy atom. The Hall–Kier alpha value is -6.90. The predicted octanol–water partition coefficient (Wildman–Crippen LogP) is 14.4. The molecule has 0 unspecified atom stereocenters. The minimum absolute atomic E-state index is 0.108. The van der Waals surface area contributed by atoms with E-state index in [-0.39, 0.29) is 5.41 Å². The van der Waals surface area contributed by atoms with E-state index in [1.807, 2.05) is 0 Å². The summed E-state index contributed by atoms with van der Waals surface area (Å²) in [7, 11) is 0. The first-order chi connectivity index (χ1) is 27.1. The van der Waals surface area contributed by atoms with Crippen LogP contribution in [0.5, 0.6) is 0 Å². The zero-order chi connectivity index (χ0) is 36.7. The highest BCUT2D eigenvalue weighted by Gasteiger charge is 2.36. The number of para-hydroxylation sites is 3. The van der Waals surface area contributed by atoms with Crippen LogP contribution >= 0.6 is 0 Å². The summed E-state index contributed by atoms with van der Waals surface area (Å²) in [5.74, 6) is 0. The first kappa shape index (κ1) is 31.6. The first-order valence-electron chi connectivity index (χ1n) is 19.2. The fraction of sp³-hybridized carbons (Fsp3) is 0.0566. The molecule has 0 saturated carbocycles. The van der Waals surface area contributed by atoms with E-state index in [1.165, 1.54) is 83.5 Å². The number of aromatic nitrogens is 1. The van der Waals surface area contributed by atoms with Gasteiger partial charge in [0.15, 0.2) is 0 Å². The minimum atomic E-state index is -0.108. The molecular formula is C53H38N2. The van der Waals surface area contributed by atoms with Crippen molar-refractivity contribution in [2.24, 2.45) is 0 Å². The van der Waals surface area contributed by atoms with Crippen molar-refractivity contribution in [2.75, 3.05) is 4.90 Å². The molecule has 2 heterocycles. The molecule has 11 rings (SSSR count). The third-order valence-electron chi connectivity index (χ3n) is 11.9.